The zero-order valence-corrected chi connectivity index (χ0v) is 14.8. The van der Waals surface area contributed by atoms with Crippen molar-refractivity contribution in [3.05, 3.63) is 47.5 Å². The molecule has 1 saturated heterocycles. The first-order valence-corrected chi connectivity index (χ1v) is 9.59. The Hall–Kier alpha value is -1.65. The van der Waals surface area contributed by atoms with Crippen molar-refractivity contribution in [2.24, 2.45) is 11.8 Å². The SMILES string of the molecule is O=C1N[C@]2(CCc3ccccc31)CN(C[C@@H]1CC=CCC1)C[C@H]2CO. The van der Waals surface area contributed by atoms with Gasteiger partial charge in [0, 0.05) is 37.7 Å². The Balaban J connectivity index is 1.52. The van der Waals surface area contributed by atoms with Gasteiger partial charge in [0.05, 0.1) is 5.54 Å². The Morgan fingerprint density at radius 3 is 2.96 bits per heavy atom. The van der Waals surface area contributed by atoms with Crippen LogP contribution in [-0.2, 0) is 6.42 Å². The summed E-state index contributed by atoms with van der Waals surface area (Å²) >= 11 is 0. The van der Waals surface area contributed by atoms with Gasteiger partial charge in [-0.2, -0.15) is 0 Å². The van der Waals surface area contributed by atoms with Crippen molar-refractivity contribution in [3.63, 3.8) is 0 Å². The fraction of sp³-hybridized carbons (Fsp3) is 0.571. The minimum Gasteiger partial charge on any atom is -0.396 e. The van der Waals surface area contributed by atoms with Gasteiger partial charge >= 0.3 is 0 Å². The van der Waals surface area contributed by atoms with Gasteiger partial charge in [-0.1, -0.05) is 30.4 Å². The summed E-state index contributed by atoms with van der Waals surface area (Å²) in [6.45, 7) is 2.95. The van der Waals surface area contributed by atoms with Crippen LogP contribution in [0.1, 0.15) is 41.6 Å². The molecule has 1 aromatic rings. The summed E-state index contributed by atoms with van der Waals surface area (Å²) in [4.78, 5) is 15.3. The number of carbonyl (C=O) groups is 1. The molecule has 2 aliphatic heterocycles. The first-order valence-electron chi connectivity index (χ1n) is 9.59. The van der Waals surface area contributed by atoms with E-state index in [0.29, 0.717) is 5.92 Å². The number of aliphatic hydroxyl groups is 1. The quantitative estimate of drug-likeness (QED) is 0.831. The van der Waals surface area contributed by atoms with Gasteiger partial charge in [0.15, 0.2) is 0 Å². The largest absolute Gasteiger partial charge is 0.396 e. The van der Waals surface area contributed by atoms with Gasteiger partial charge in [-0.15, -0.1) is 0 Å². The third-order valence-electron chi connectivity index (χ3n) is 6.35. The number of allylic oxidation sites excluding steroid dienone is 2. The third kappa shape index (κ3) is 3.25. The van der Waals surface area contributed by atoms with Crippen molar-refractivity contribution in [1.82, 2.24) is 10.2 Å². The lowest BCUT2D eigenvalue weighted by Crippen LogP contribution is -2.54. The predicted molar refractivity (Wildman–Crippen MR) is 98.5 cm³/mol. The van der Waals surface area contributed by atoms with Crippen LogP contribution >= 0.6 is 0 Å². The highest BCUT2D eigenvalue weighted by Crippen LogP contribution is 2.36. The first kappa shape index (κ1) is 16.8. The predicted octanol–water partition coefficient (Wildman–Crippen LogP) is 2.38. The number of rotatable bonds is 3. The van der Waals surface area contributed by atoms with Gasteiger partial charge in [-0.25, -0.2) is 0 Å². The Bertz CT molecular complexity index is 672. The fourth-order valence-corrected chi connectivity index (χ4v) is 4.94. The highest BCUT2D eigenvalue weighted by molar-refractivity contribution is 5.96. The molecular weight excluding hydrogens is 312 g/mol. The van der Waals surface area contributed by atoms with Crippen molar-refractivity contribution in [2.45, 2.75) is 37.6 Å². The molecule has 2 heterocycles. The van der Waals surface area contributed by atoms with Crippen molar-refractivity contribution in [2.75, 3.05) is 26.2 Å². The average molecular weight is 340 g/mol. The monoisotopic (exact) mass is 340 g/mol. The number of aliphatic hydroxyl groups excluding tert-OH is 1. The van der Waals surface area contributed by atoms with Gasteiger partial charge in [-0.3, -0.25) is 4.79 Å². The molecule has 0 radical (unpaired) electrons. The number of hydrogen-bond acceptors (Lipinski definition) is 3. The summed E-state index contributed by atoms with van der Waals surface area (Å²) in [5.74, 6) is 0.845. The van der Waals surface area contributed by atoms with E-state index in [1.165, 1.54) is 12.8 Å². The van der Waals surface area contributed by atoms with E-state index in [-0.39, 0.29) is 24.0 Å². The summed E-state index contributed by atoms with van der Waals surface area (Å²) in [5.41, 5.74) is 1.63. The van der Waals surface area contributed by atoms with Crippen LogP contribution in [0.5, 0.6) is 0 Å². The lowest BCUT2D eigenvalue weighted by Gasteiger charge is -2.34. The van der Waals surface area contributed by atoms with Gasteiger partial charge in [0.1, 0.15) is 0 Å². The number of amides is 1. The number of likely N-dealkylation sites (tertiary alicyclic amines) is 1. The molecule has 2 N–H and O–H groups in total. The standard InChI is InChI=1S/C21H28N2O2/c24-14-18-13-23(12-16-6-2-1-3-7-16)15-21(18)11-10-17-8-4-5-9-19(17)20(25)22-21/h1-2,4-5,8-9,16,18,24H,3,6-7,10-15H2,(H,22,25)/t16-,18+,21-/m1/s1. The number of carbonyl (C=O) groups excluding carboxylic acids is 1. The van der Waals surface area contributed by atoms with Crippen molar-refractivity contribution in [3.8, 4) is 0 Å². The maximum Gasteiger partial charge on any atom is 0.252 e. The maximum atomic E-state index is 12.8. The number of nitrogens with zero attached hydrogens (tertiary/aromatic N) is 1. The molecule has 4 rings (SSSR count). The number of nitrogens with one attached hydrogen (secondary N) is 1. The smallest absolute Gasteiger partial charge is 0.252 e. The van der Waals surface area contributed by atoms with Crippen LogP contribution in [0, 0.1) is 11.8 Å². The third-order valence-corrected chi connectivity index (χ3v) is 6.35. The van der Waals surface area contributed by atoms with Crippen molar-refractivity contribution < 1.29 is 9.90 Å². The van der Waals surface area contributed by atoms with Crippen LogP contribution in [-0.4, -0.2) is 47.7 Å². The van der Waals surface area contributed by atoms with Crippen LogP contribution in [0.3, 0.4) is 0 Å². The number of aryl methyl sites for hydroxylation is 1. The molecule has 1 spiro atoms. The second kappa shape index (κ2) is 6.93. The molecule has 0 bridgehead atoms. The zero-order chi connectivity index (χ0) is 17.3. The molecule has 1 aliphatic carbocycles. The minimum atomic E-state index is -0.296. The van der Waals surface area contributed by atoms with Crippen LogP contribution in [0.4, 0.5) is 0 Å². The van der Waals surface area contributed by atoms with Crippen LogP contribution < -0.4 is 5.32 Å². The normalized spacial score (nSPS) is 32.4. The van der Waals surface area contributed by atoms with Crippen LogP contribution in [0.15, 0.2) is 36.4 Å². The molecule has 3 aliphatic rings. The van der Waals surface area contributed by atoms with Gasteiger partial charge in [-0.05, 0) is 49.7 Å². The lowest BCUT2D eigenvalue weighted by molar-refractivity contribution is 0.0846. The highest BCUT2D eigenvalue weighted by Gasteiger charge is 2.48. The number of benzene rings is 1. The molecule has 1 fully saturated rings. The van der Waals surface area contributed by atoms with Gasteiger partial charge in [0.25, 0.3) is 5.91 Å². The second-order valence-electron chi connectivity index (χ2n) is 7.99. The topological polar surface area (TPSA) is 52.6 Å². The average Bonchev–Trinajstić information content (AvgIpc) is 2.90. The molecule has 0 unspecified atom stereocenters. The molecule has 0 aromatic heterocycles. The highest BCUT2D eigenvalue weighted by atomic mass is 16.3. The zero-order valence-electron chi connectivity index (χ0n) is 14.8. The summed E-state index contributed by atoms with van der Waals surface area (Å²) < 4.78 is 0. The van der Waals surface area contributed by atoms with E-state index in [0.717, 1.165) is 50.0 Å². The number of fused-ring (bicyclic) bond motifs is 1. The minimum absolute atomic E-state index is 0.0222. The van der Waals surface area contributed by atoms with E-state index in [4.69, 9.17) is 0 Å². The fourth-order valence-electron chi connectivity index (χ4n) is 4.94. The molecule has 1 amide bonds. The Kier molecular flexibility index (Phi) is 4.65. The summed E-state index contributed by atoms with van der Waals surface area (Å²) in [5, 5.41) is 13.3. The Labute approximate surface area is 149 Å². The maximum absolute atomic E-state index is 12.8. The second-order valence-corrected chi connectivity index (χ2v) is 7.99. The molecular formula is C21H28N2O2. The van der Waals surface area contributed by atoms with Gasteiger partial charge < -0.3 is 15.3 Å². The molecule has 134 valence electrons. The summed E-state index contributed by atoms with van der Waals surface area (Å²) in [7, 11) is 0. The van der Waals surface area contributed by atoms with E-state index in [1.807, 2.05) is 18.2 Å². The van der Waals surface area contributed by atoms with Crippen LogP contribution in [0.25, 0.3) is 0 Å². The molecule has 0 saturated carbocycles. The molecule has 4 heteroatoms. The first-order chi connectivity index (χ1) is 12.2. The Morgan fingerprint density at radius 1 is 1.28 bits per heavy atom. The summed E-state index contributed by atoms with van der Waals surface area (Å²) in [6, 6.07) is 7.91. The Morgan fingerprint density at radius 2 is 2.16 bits per heavy atom. The number of hydrogen-bond donors (Lipinski definition) is 2. The summed E-state index contributed by atoms with van der Waals surface area (Å²) in [6.07, 6.45) is 9.97. The van der Waals surface area contributed by atoms with Crippen LogP contribution in [0.2, 0.25) is 0 Å². The molecule has 25 heavy (non-hydrogen) atoms. The van der Waals surface area contributed by atoms with E-state index in [9.17, 15) is 9.90 Å². The van der Waals surface area contributed by atoms with Crippen molar-refractivity contribution in [1.29, 1.82) is 0 Å². The van der Waals surface area contributed by atoms with Gasteiger partial charge in [0.2, 0.25) is 0 Å². The molecule has 1 aromatic carbocycles. The van der Waals surface area contributed by atoms with E-state index < -0.39 is 0 Å². The van der Waals surface area contributed by atoms with E-state index in [1.54, 1.807) is 0 Å². The molecule has 3 atom stereocenters. The van der Waals surface area contributed by atoms with E-state index >= 15 is 0 Å². The molecule has 4 nitrogen and oxygen atoms in total. The van der Waals surface area contributed by atoms with Crippen molar-refractivity contribution >= 4 is 5.91 Å². The lowest BCUT2D eigenvalue weighted by atomic mass is 9.83. The van der Waals surface area contributed by atoms with E-state index in [2.05, 4.69) is 28.4 Å².